The van der Waals surface area contributed by atoms with Gasteiger partial charge in [0.15, 0.2) is 0 Å². The smallest absolute Gasteiger partial charge is 0.407 e. The summed E-state index contributed by atoms with van der Waals surface area (Å²) in [6.07, 6.45) is 4.10. The molecule has 0 spiro atoms. The summed E-state index contributed by atoms with van der Waals surface area (Å²) in [5.41, 5.74) is -0.418. The van der Waals surface area contributed by atoms with Crippen LogP contribution in [0.5, 0.6) is 0 Å². The second kappa shape index (κ2) is 6.60. The van der Waals surface area contributed by atoms with Crippen molar-refractivity contribution in [2.45, 2.75) is 84.0 Å². The quantitative estimate of drug-likeness (QED) is 0.856. The third-order valence-electron chi connectivity index (χ3n) is 3.81. The largest absolute Gasteiger partial charge is 0.444 e. The SMILES string of the molecule is CC(C)N(C)C1CCC(NC(=O)OC(C)(C)C)CC1. The van der Waals surface area contributed by atoms with Crippen molar-refractivity contribution in [3.05, 3.63) is 0 Å². The van der Waals surface area contributed by atoms with Crippen molar-refractivity contribution in [1.29, 1.82) is 0 Å². The van der Waals surface area contributed by atoms with Gasteiger partial charge in [0.1, 0.15) is 5.60 Å². The van der Waals surface area contributed by atoms with Crippen molar-refractivity contribution >= 4 is 6.09 Å². The molecular weight excluding hydrogens is 240 g/mol. The molecule has 4 heteroatoms. The van der Waals surface area contributed by atoms with E-state index in [4.69, 9.17) is 4.74 Å². The first-order valence-electron chi connectivity index (χ1n) is 7.40. The van der Waals surface area contributed by atoms with Crippen molar-refractivity contribution in [3.63, 3.8) is 0 Å². The molecule has 0 heterocycles. The summed E-state index contributed by atoms with van der Waals surface area (Å²) in [7, 11) is 2.19. The van der Waals surface area contributed by atoms with Gasteiger partial charge >= 0.3 is 6.09 Å². The molecule has 0 aromatic rings. The Bertz CT molecular complexity index is 289. The fourth-order valence-electron chi connectivity index (χ4n) is 2.52. The van der Waals surface area contributed by atoms with Crippen LogP contribution in [0.3, 0.4) is 0 Å². The highest BCUT2D eigenvalue weighted by atomic mass is 16.6. The zero-order chi connectivity index (χ0) is 14.6. The Morgan fingerprint density at radius 1 is 1.21 bits per heavy atom. The lowest BCUT2D eigenvalue weighted by Crippen LogP contribution is -2.45. The Labute approximate surface area is 117 Å². The van der Waals surface area contributed by atoms with Gasteiger partial charge in [0.05, 0.1) is 0 Å². The van der Waals surface area contributed by atoms with Gasteiger partial charge in [0.2, 0.25) is 0 Å². The molecule has 1 amide bonds. The van der Waals surface area contributed by atoms with Crippen molar-refractivity contribution in [2.24, 2.45) is 0 Å². The van der Waals surface area contributed by atoms with Crippen LogP contribution < -0.4 is 5.32 Å². The van der Waals surface area contributed by atoms with E-state index in [0.717, 1.165) is 25.7 Å². The van der Waals surface area contributed by atoms with Crippen LogP contribution in [0.15, 0.2) is 0 Å². The molecule has 1 aliphatic carbocycles. The highest BCUT2D eigenvalue weighted by Gasteiger charge is 2.27. The van der Waals surface area contributed by atoms with Gasteiger partial charge in [-0.1, -0.05) is 0 Å². The Morgan fingerprint density at radius 3 is 2.16 bits per heavy atom. The first-order valence-corrected chi connectivity index (χ1v) is 7.40. The Kier molecular flexibility index (Phi) is 5.65. The minimum absolute atomic E-state index is 0.270. The predicted molar refractivity (Wildman–Crippen MR) is 78.3 cm³/mol. The van der Waals surface area contributed by atoms with Crippen LogP contribution in [0, 0.1) is 0 Å². The lowest BCUT2D eigenvalue weighted by Gasteiger charge is -2.37. The fraction of sp³-hybridized carbons (Fsp3) is 0.933. The summed E-state index contributed by atoms with van der Waals surface area (Å²) in [5, 5.41) is 2.98. The fourth-order valence-corrected chi connectivity index (χ4v) is 2.52. The Hall–Kier alpha value is -0.770. The summed E-state index contributed by atoms with van der Waals surface area (Å²) < 4.78 is 5.29. The van der Waals surface area contributed by atoms with Gasteiger partial charge in [-0.2, -0.15) is 0 Å². The minimum atomic E-state index is -0.418. The topological polar surface area (TPSA) is 41.6 Å². The zero-order valence-corrected chi connectivity index (χ0v) is 13.3. The number of amides is 1. The second-order valence-corrected chi connectivity index (χ2v) is 6.91. The van der Waals surface area contributed by atoms with E-state index in [1.807, 2.05) is 20.8 Å². The number of carbonyl (C=O) groups excluding carboxylic acids is 1. The van der Waals surface area contributed by atoms with Crippen molar-refractivity contribution in [3.8, 4) is 0 Å². The van der Waals surface area contributed by atoms with Crippen LogP contribution >= 0.6 is 0 Å². The van der Waals surface area contributed by atoms with Crippen LogP contribution in [0.1, 0.15) is 60.3 Å². The van der Waals surface area contributed by atoms with E-state index in [1.165, 1.54) is 0 Å². The van der Waals surface area contributed by atoms with Crippen molar-refractivity contribution in [2.75, 3.05) is 7.05 Å². The van der Waals surface area contributed by atoms with E-state index in [1.54, 1.807) is 0 Å². The molecule has 0 atom stereocenters. The highest BCUT2D eigenvalue weighted by molar-refractivity contribution is 5.68. The highest BCUT2D eigenvalue weighted by Crippen LogP contribution is 2.23. The molecule has 0 aromatic heterocycles. The van der Waals surface area contributed by atoms with Crippen molar-refractivity contribution < 1.29 is 9.53 Å². The van der Waals surface area contributed by atoms with Gasteiger partial charge in [-0.15, -0.1) is 0 Å². The molecule has 0 aliphatic heterocycles. The molecule has 0 radical (unpaired) electrons. The van der Waals surface area contributed by atoms with E-state index in [-0.39, 0.29) is 12.1 Å². The van der Waals surface area contributed by atoms with E-state index < -0.39 is 5.60 Å². The Morgan fingerprint density at radius 2 is 1.74 bits per heavy atom. The van der Waals surface area contributed by atoms with E-state index in [0.29, 0.717) is 12.1 Å². The number of hydrogen-bond acceptors (Lipinski definition) is 3. The van der Waals surface area contributed by atoms with Crippen LogP contribution in [-0.4, -0.2) is 41.8 Å². The molecule has 1 fully saturated rings. The molecule has 4 nitrogen and oxygen atoms in total. The van der Waals surface area contributed by atoms with Crippen LogP contribution in [-0.2, 0) is 4.74 Å². The number of nitrogens with zero attached hydrogens (tertiary/aromatic N) is 1. The molecule has 1 aliphatic rings. The molecule has 0 saturated heterocycles. The maximum Gasteiger partial charge on any atom is 0.407 e. The standard InChI is InChI=1S/C15H30N2O2/c1-11(2)17(6)13-9-7-12(8-10-13)16-14(18)19-15(3,4)5/h11-13H,7-10H2,1-6H3,(H,16,18). The Balaban J connectivity index is 2.32. The third kappa shape index (κ3) is 5.81. The number of ether oxygens (including phenoxy) is 1. The molecule has 1 saturated carbocycles. The zero-order valence-electron chi connectivity index (χ0n) is 13.3. The van der Waals surface area contributed by atoms with E-state index >= 15 is 0 Å². The molecule has 19 heavy (non-hydrogen) atoms. The van der Waals surface area contributed by atoms with Crippen LogP contribution in [0.25, 0.3) is 0 Å². The summed E-state index contributed by atoms with van der Waals surface area (Å²) >= 11 is 0. The average molecular weight is 270 g/mol. The number of rotatable bonds is 3. The number of alkyl carbamates (subject to hydrolysis) is 1. The maximum atomic E-state index is 11.7. The number of nitrogens with one attached hydrogen (secondary N) is 1. The molecule has 112 valence electrons. The summed E-state index contributed by atoms with van der Waals surface area (Å²) in [6.45, 7) is 10.1. The van der Waals surface area contributed by atoms with Gasteiger partial charge in [-0.3, -0.25) is 0 Å². The van der Waals surface area contributed by atoms with E-state index in [2.05, 4.69) is 31.1 Å². The molecule has 1 N–H and O–H groups in total. The molecule has 1 rings (SSSR count). The van der Waals surface area contributed by atoms with Crippen LogP contribution in [0.2, 0.25) is 0 Å². The third-order valence-corrected chi connectivity index (χ3v) is 3.81. The molecule has 0 bridgehead atoms. The summed E-state index contributed by atoms with van der Waals surface area (Å²) in [5.74, 6) is 0. The predicted octanol–water partition coefficient (Wildman–Crippen LogP) is 3.16. The maximum absolute atomic E-state index is 11.7. The van der Waals surface area contributed by atoms with Gasteiger partial charge in [-0.25, -0.2) is 4.79 Å². The van der Waals surface area contributed by atoms with Gasteiger partial charge < -0.3 is 15.0 Å². The first kappa shape index (κ1) is 16.3. The normalized spacial score (nSPS) is 24.6. The van der Waals surface area contributed by atoms with Gasteiger partial charge in [-0.05, 0) is 67.3 Å². The monoisotopic (exact) mass is 270 g/mol. The van der Waals surface area contributed by atoms with Crippen LogP contribution in [0.4, 0.5) is 4.79 Å². The van der Waals surface area contributed by atoms with Crippen molar-refractivity contribution in [1.82, 2.24) is 10.2 Å². The number of carbonyl (C=O) groups is 1. The number of hydrogen-bond donors (Lipinski definition) is 1. The van der Waals surface area contributed by atoms with Gasteiger partial charge in [0.25, 0.3) is 0 Å². The molecule has 0 unspecified atom stereocenters. The van der Waals surface area contributed by atoms with E-state index in [9.17, 15) is 4.79 Å². The summed E-state index contributed by atoms with van der Waals surface area (Å²) in [6, 6.07) is 1.50. The first-order chi connectivity index (χ1) is 8.69. The average Bonchev–Trinajstić information content (AvgIpc) is 2.26. The second-order valence-electron chi connectivity index (χ2n) is 6.91. The molecule has 0 aromatic carbocycles. The minimum Gasteiger partial charge on any atom is -0.444 e. The molecular formula is C15H30N2O2. The lowest BCUT2D eigenvalue weighted by atomic mass is 9.90. The summed E-state index contributed by atoms with van der Waals surface area (Å²) in [4.78, 5) is 14.1. The van der Waals surface area contributed by atoms with Gasteiger partial charge in [0, 0.05) is 18.1 Å². The lowest BCUT2D eigenvalue weighted by molar-refractivity contribution is 0.0476.